The first-order valence-electron chi connectivity index (χ1n) is 12.5. The third kappa shape index (κ3) is 3.95. The molecule has 0 bridgehead atoms. The number of carbonyl (C=O) groups excluding carboxylic acids is 3. The minimum atomic E-state index is -1.30. The third-order valence-electron chi connectivity index (χ3n) is 8.90. The molecule has 184 valence electrons. The Labute approximate surface area is 200 Å². The van der Waals surface area contributed by atoms with E-state index in [-0.39, 0.29) is 41.5 Å². The summed E-state index contributed by atoms with van der Waals surface area (Å²) in [6, 6.07) is 0. The maximum Gasteiger partial charge on any atom is 0.250 e. The van der Waals surface area contributed by atoms with Crippen LogP contribution in [-0.4, -0.2) is 88.4 Å². The van der Waals surface area contributed by atoms with Crippen molar-refractivity contribution in [3.63, 3.8) is 0 Å². The van der Waals surface area contributed by atoms with E-state index in [4.69, 9.17) is 11.6 Å². The zero-order chi connectivity index (χ0) is 23.5. The molecule has 7 nitrogen and oxygen atoms in total. The molecular weight excluding hydrogens is 447 g/mol. The Morgan fingerprint density at radius 1 is 1.18 bits per heavy atom. The number of amides is 3. The molecule has 33 heavy (non-hydrogen) atoms. The Morgan fingerprint density at radius 3 is 2.45 bits per heavy atom. The van der Waals surface area contributed by atoms with Gasteiger partial charge in [-0.1, -0.05) is 19.8 Å². The first kappa shape index (κ1) is 23.3. The van der Waals surface area contributed by atoms with Gasteiger partial charge in [-0.3, -0.25) is 19.7 Å². The summed E-state index contributed by atoms with van der Waals surface area (Å²) in [5, 5.41) is 2.76. The molecule has 0 aromatic heterocycles. The largest absolute Gasteiger partial charge is 0.342 e. The highest BCUT2D eigenvalue weighted by molar-refractivity contribution is 6.20. The lowest BCUT2D eigenvalue weighted by atomic mass is 9.51. The normalized spacial score (nSPS) is 37.8. The maximum absolute atomic E-state index is 14.9. The van der Waals surface area contributed by atoms with E-state index >= 15 is 0 Å². The van der Waals surface area contributed by atoms with Gasteiger partial charge in [0.25, 0.3) is 0 Å². The lowest BCUT2D eigenvalue weighted by Crippen LogP contribution is -2.82. The molecule has 0 aromatic rings. The Balaban J connectivity index is 1.37. The first-order chi connectivity index (χ1) is 15.6. The van der Waals surface area contributed by atoms with Crippen LogP contribution in [0.4, 0.5) is 4.39 Å². The number of piperazine rings is 1. The van der Waals surface area contributed by atoms with Crippen LogP contribution in [0.2, 0.25) is 0 Å². The molecule has 3 unspecified atom stereocenters. The number of rotatable bonds is 3. The van der Waals surface area contributed by atoms with Crippen molar-refractivity contribution < 1.29 is 18.8 Å². The van der Waals surface area contributed by atoms with Gasteiger partial charge in [0.15, 0.2) is 0 Å². The van der Waals surface area contributed by atoms with E-state index in [1.807, 2.05) is 4.90 Å². The smallest absolute Gasteiger partial charge is 0.250 e. The third-order valence-corrected chi connectivity index (χ3v) is 9.23. The van der Waals surface area contributed by atoms with E-state index in [0.29, 0.717) is 50.9 Å². The van der Waals surface area contributed by atoms with Crippen LogP contribution in [-0.2, 0) is 14.4 Å². The van der Waals surface area contributed by atoms with Crippen molar-refractivity contribution in [3.05, 3.63) is 0 Å². The van der Waals surface area contributed by atoms with E-state index in [9.17, 15) is 18.8 Å². The van der Waals surface area contributed by atoms with Gasteiger partial charge in [-0.2, -0.15) is 0 Å². The van der Waals surface area contributed by atoms with E-state index in [1.54, 1.807) is 11.8 Å². The molecule has 0 aromatic carbocycles. The van der Waals surface area contributed by atoms with Crippen molar-refractivity contribution in [1.82, 2.24) is 20.0 Å². The van der Waals surface area contributed by atoms with Crippen LogP contribution in [0.5, 0.6) is 0 Å². The molecule has 2 saturated carbocycles. The first-order valence-corrected chi connectivity index (χ1v) is 12.9. The summed E-state index contributed by atoms with van der Waals surface area (Å²) in [6.45, 7) is 6.06. The zero-order valence-electron chi connectivity index (χ0n) is 19.7. The van der Waals surface area contributed by atoms with Crippen LogP contribution in [0.1, 0.15) is 58.8 Å². The molecule has 0 radical (unpaired) electrons. The SMILES string of the molecule is CC(=O)N1CC2(C1)CC1(C2)C(=O)N(C2NCC(Cl)CC2F)CC(=O)N1CC1CCC(C)CC1. The summed E-state index contributed by atoms with van der Waals surface area (Å²) in [5.41, 5.74) is -0.999. The number of hydrogen-bond donors (Lipinski definition) is 1. The Morgan fingerprint density at radius 2 is 1.85 bits per heavy atom. The second-order valence-electron chi connectivity index (χ2n) is 11.5. The summed E-state index contributed by atoms with van der Waals surface area (Å²) in [6.07, 6.45) is 3.67. The number of alkyl halides is 2. The fourth-order valence-corrected chi connectivity index (χ4v) is 7.33. The molecule has 3 heterocycles. The highest BCUT2D eigenvalue weighted by Gasteiger charge is 2.69. The highest BCUT2D eigenvalue weighted by atomic mass is 35.5. The number of halogens is 2. The van der Waals surface area contributed by atoms with Gasteiger partial charge in [0.2, 0.25) is 17.7 Å². The minimum absolute atomic E-state index is 0.0461. The number of nitrogens with one attached hydrogen (secondary N) is 1. The van der Waals surface area contributed by atoms with Gasteiger partial charge in [-0.15, -0.1) is 11.6 Å². The summed E-state index contributed by atoms with van der Waals surface area (Å²) in [7, 11) is 0. The number of hydrogen-bond acceptors (Lipinski definition) is 4. The van der Waals surface area contributed by atoms with Gasteiger partial charge in [-0.05, 0) is 43.9 Å². The van der Waals surface area contributed by atoms with Gasteiger partial charge in [0.1, 0.15) is 24.4 Å². The quantitative estimate of drug-likeness (QED) is 0.625. The molecule has 5 aliphatic rings. The van der Waals surface area contributed by atoms with Crippen molar-refractivity contribution in [2.75, 3.05) is 32.7 Å². The summed E-state index contributed by atoms with van der Waals surface area (Å²) >= 11 is 6.11. The van der Waals surface area contributed by atoms with Crippen LogP contribution < -0.4 is 5.32 Å². The van der Waals surface area contributed by atoms with Crippen molar-refractivity contribution in [3.8, 4) is 0 Å². The lowest BCUT2D eigenvalue weighted by molar-refractivity contribution is -0.207. The minimum Gasteiger partial charge on any atom is -0.342 e. The van der Waals surface area contributed by atoms with Gasteiger partial charge in [-0.25, -0.2) is 4.39 Å². The predicted octanol–water partition coefficient (Wildman–Crippen LogP) is 2.13. The molecule has 5 fully saturated rings. The van der Waals surface area contributed by atoms with Crippen molar-refractivity contribution in [1.29, 1.82) is 0 Å². The monoisotopic (exact) mass is 482 g/mol. The second-order valence-corrected chi connectivity index (χ2v) is 12.1. The molecule has 2 aliphatic carbocycles. The lowest BCUT2D eigenvalue weighted by Gasteiger charge is -2.68. The Kier molecular flexibility index (Phi) is 5.91. The highest BCUT2D eigenvalue weighted by Crippen LogP contribution is 2.58. The van der Waals surface area contributed by atoms with E-state index < -0.39 is 17.9 Å². The molecule has 5 rings (SSSR count). The topological polar surface area (TPSA) is 73.0 Å². The van der Waals surface area contributed by atoms with Gasteiger partial charge >= 0.3 is 0 Å². The number of likely N-dealkylation sites (tertiary alicyclic amines) is 1. The van der Waals surface area contributed by atoms with Crippen LogP contribution in [0.3, 0.4) is 0 Å². The van der Waals surface area contributed by atoms with Crippen molar-refractivity contribution in [2.24, 2.45) is 17.3 Å². The van der Waals surface area contributed by atoms with E-state index in [1.165, 1.54) is 4.90 Å². The Bertz CT molecular complexity index is 819. The van der Waals surface area contributed by atoms with Crippen LogP contribution >= 0.6 is 11.6 Å². The zero-order valence-corrected chi connectivity index (χ0v) is 20.5. The van der Waals surface area contributed by atoms with Crippen molar-refractivity contribution >= 4 is 29.3 Å². The fraction of sp³-hybridized carbons (Fsp3) is 0.875. The van der Waals surface area contributed by atoms with Crippen LogP contribution in [0, 0.1) is 17.3 Å². The molecule has 3 atom stereocenters. The molecule has 3 aliphatic heterocycles. The van der Waals surface area contributed by atoms with Gasteiger partial charge < -0.3 is 14.7 Å². The Hall–Kier alpha value is -1.41. The molecule has 2 spiro atoms. The summed E-state index contributed by atoms with van der Waals surface area (Å²) < 4.78 is 14.9. The number of piperidine rings is 1. The average Bonchev–Trinajstić information content (AvgIpc) is 2.69. The van der Waals surface area contributed by atoms with Crippen LogP contribution in [0.15, 0.2) is 0 Å². The maximum atomic E-state index is 14.9. The molecule has 3 amide bonds. The predicted molar refractivity (Wildman–Crippen MR) is 122 cm³/mol. The molecule has 3 saturated heterocycles. The molecule has 1 N–H and O–H groups in total. The summed E-state index contributed by atoms with van der Waals surface area (Å²) in [4.78, 5) is 44.3. The van der Waals surface area contributed by atoms with Crippen LogP contribution in [0.25, 0.3) is 0 Å². The molecular formula is C24H36ClFN4O3. The van der Waals surface area contributed by atoms with E-state index in [2.05, 4.69) is 12.2 Å². The fourth-order valence-electron chi connectivity index (χ4n) is 7.07. The van der Waals surface area contributed by atoms with Crippen molar-refractivity contribution in [2.45, 2.75) is 82.0 Å². The standard InChI is InChI=1S/C24H36ClFN4O3/c1-15-3-5-17(6-4-15)9-30-20(32)10-29(21-19(26)7-18(25)8-27-21)22(33)24(30)11-23(12-24)13-28(14-23)16(2)31/h15,17-19,21,27H,3-14H2,1-2H3. The number of nitrogens with zero attached hydrogens (tertiary/aromatic N) is 3. The van der Waals surface area contributed by atoms with E-state index in [0.717, 1.165) is 25.7 Å². The van der Waals surface area contributed by atoms with Gasteiger partial charge in [0.05, 0.1) is 0 Å². The number of carbonyl (C=O) groups is 3. The summed E-state index contributed by atoms with van der Waals surface area (Å²) in [5.74, 6) is 0.962. The van der Waals surface area contributed by atoms with Gasteiger partial charge in [0, 0.05) is 43.9 Å². The average molecular weight is 483 g/mol. The second kappa shape index (κ2) is 8.36. The molecule has 9 heteroatoms.